The van der Waals surface area contributed by atoms with E-state index in [4.69, 9.17) is 21.3 Å². The van der Waals surface area contributed by atoms with Gasteiger partial charge in [-0.25, -0.2) is 4.98 Å². The number of pyridine rings is 1. The average Bonchev–Trinajstić information content (AvgIpc) is 3.12. The molecule has 0 bridgehead atoms. The summed E-state index contributed by atoms with van der Waals surface area (Å²) in [4.78, 5) is 6.98. The molecule has 1 unspecified atom stereocenters. The Bertz CT molecular complexity index is 901. The number of rotatable bonds is 2. The number of halogens is 1. The number of fused-ring (bicyclic) bond motifs is 1. The predicted molar refractivity (Wildman–Crippen MR) is 92.4 cm³/mol. The van der Waals surface area contributed by atoms with Gasteiger partial charge in [-0.05, 0) is 6.92 Å². The highest BCUT2D eigenvalue weighted by molar-refractivity contribution is 6.35. The van der Waals surface area contributed by atoms with Crippen LogP contribution in [0.25, 0.3) is 11.0 Å². The van der Waals surface area contributed by atoms with Gasteiger partial charge in [-0.1, -0.05) is 11.6 Å². The van der Waals surface area contributed by atoms with Gasteiger partial charge in [-0.2, -0.15) is 10.2 Å². The van der Waals surface area contributed by atoms with E-state index in [2.05, 4.69) is 15.1 Å². The quantitative estimate of drug-likeness (QED) is 0.712. The first-order chi connectivity index (χ1) is 11.5. The van der Waals surface area contributed by atoms with Crippen molar-refractivity contribution in [2.75, 3.05) is 24.6 Å². The molecule has 0 saturated carbocycles. The largest absolute Gasteiger partial charge is 0.370 e. The Morgan fingerprint density at radius 1 is 1.33 bits per heavy atom. The highest BCUT2D eigenvalue weighted by Crippen LogP contribution is 2.31. The minimum Gasteiger partial charge on any atom is -0.370 e. The van der Waals surface area contributed by atoms with Gasteiger partial charge in [0.1, 0.15) is 11.9 Å². The molecule has 0 aromatic carbocycles. The molecule has 126 valence electrons. The lowest BCUT2D eigenvalue weighted by molar-refractivity contribution is 0.0395. The molecule has 1 saturated heterocycles. The summed E-state index contributed by atoms with van der Waals surface area (Å²) in [5.41, 5.74) is 2.77. The second-order valence-corrected chi connectivity index (χ2v) is 6.53. The fourth-order valence-corrected chi connectivity index (χ4v) is 3.53. The van der Waals surface area contributed by atoms with Gasteiger partial charge < -0.3 is 9.64 Å². The second-order valence-electron chi connectivity index (χ2n) is 6.12. The lowest BCUT2D eigenvalue weighted by Gasteiger charge is -2.33. The molecule has 1 aliphatic rings. The van der Waals surface area contributed by atoms with Crippen LogP contribution >= 0.6 is 11.6 Å². The number of ether oxygens (including phenoxy) is 1. The van der Waals surface area contributed by atoms with Gasteiger partial charge in [0.15, 0.2) is 5.65 Å². The summed E-state index contributed by atoms with van der Waals surface area (Å²) in [6.45, 7) is 4.09. The molecule has 4 heterocycles. The second kappa shape index (κ2) is 5.75. The van der Waals surface area contributed by atoms with Gasteiger partial charge in [0, 0.05) is 45.0 Å². The maximum Gasteiger partial charge on any atom is 0.161 e. The summed E-state index contributed by atoms with van der Waals surface area (Å²) in [5.74, 6) is 0.854. The fraction of sp³-hybridized carbons (Fsp3) is 0.438. The summed E-state index contributed by atoms with van der Waals surface area (Å²) in [6.07, 6.45) is 3.82. The van der Waals surface area contributed by atoms with Gasteiger partial charge in [-0.3, -0.25) is 9.36 Å². The van der Waals surface area contributed by atoms with E-state index in [0.29, 0.717) is 11.6 Å². The zero-order valence-electron chi connectivity index (χ0n) is 13.9. The molecule has 0 spiro atoms. The normalized spacial score (nSPS) is 18.5. The van der Waals surface area contributed by atoms with Crippen LogP contribution in [0.5, 0.6) is 0 Å². The van der Waals surface area contributed by atoms with E-state index in [1.54, 1.807) is 9.36 Å². The zero-order valence-corrected chi connectivity index (χ0v) is 14.7. The van der Waals surface area contributed by atoms with Gasteiger partial charge in [0.2, 0.25) is 0 Å². The third kappa shape index (κ3) is 2.53. The van der Waals surface area contributed by atoms with Crippen molar-refractivity contribution in [3.63, 3.8) is 0 Å². The SMILES string of the molecule is Cc1nn(C)c2nc(N3CCOC(c4cnn(C)c4)C3)cc(Cl)c12. The number of hydrogen-bond acceptors (Lipinski definition) is 5. The zero-order chi connectivity index (χ0) is 16.8. The summed E-state index contributed by atoms with van der Waals surface area (Å²) in [7, 11) is 3.80. The van der Waals surface area contributed by atoms with E-state index in [0.717, 1.165) is 41.2 Å². The molecule has 0 aliphatic carbocycles. The first kappa shape index (κ1) is 15.4. The first-order valence-electron chi connectivity index (χ1n) is 7.88. The van der Waals surface area contributed by atoms with E-state index in [-0.39, 0.29) is 6.10 Å². The maximum absolute atomic E-state index is 6.49. The van der Waals surface area contributed by atoms with Crippen molar-refractivity contribution in [3.05, 3.63) is 34.7 Å². The van der Waals surface area contributed by atoms with E-state index in [1.165, 1.54) is 0 Å². The van der Waals surface area contributed by atoms with Crippen LogP contribution in [0.3, 0.4) is 0 Å². The lowest BCUT2D eigenvalue weighted by atomic mass is 10.1. The summed E-state index contributed by atoms with van der Waals surface area (Å²) in [6, 6.07) is 1.92. The minimum atomic E-state index is -0.0167. The fourth-order valence-electron chi connectivity index (χ4n) is 3.21. The minimum absolute atomic E-state index is 0.0167. The molecule has 4 rings (SSSR count). The Morgan fingerprint density at radius 2 is 2.17 bits per heavy atom. The third-order valence-electron chi connectivity index (χ3n) is 4.39. The van der Waals surface area contributed by atoms with Crippen molar-refractivity contribution in [3.8, 4) is 0 Å². The molecule has 1 fully saturated rings. The molecule has 3 aromatic heterocycles. The number of nitrogens with zero attached hydrogens (tertiary/aromatic N) is 6. The van der Waals surface area contributed by atoms with E-state index in [9.17, 15) is 0 Å². The third-order valence-corrected chi connectivity index (χ3v) is 4.69. The van der Waals surface area contributed by atoms with Crippen LogP contribution < -0.4 is 4.90 Å². The summed E-state index contributed by atoms with van der Waals surface area (Å²) >= 11 is 6.49. The van der Waals surface area contributed by atoms with Crippen molar-refractivity contribution < 1.29 is 4.74 Å². The molecular formula is C16H19ClN6O. The van der Waals surface area contributed by atoms with Crippen LogP contribution in [0.15, 0.2) is 18.5 Å². The molecule has 24 heavy (non-hydrogen) atoms. The van der Waals surface area contributed by atoms with Crippen molar-refractivity contribution in [1.29, 1.82) is 0 Å². The van der Waals surface area contributed by atoms with E-state index in [1.807, 2.05) is 39.5 Å². The highest BCUT2D eigenvalue weighted by Gasteiger charge is 2.25. The molecule has 1 aliphatic heterocycles. The summed E-state index contributed by atoms with van der Waals surface area (Å²) in [5, 5.41) is 10.2. The number of aryl methyl sites for hydroxylation is 3. The highest BCUT2D eigenvalue weighted by atomic mass is 35.5. The van der Waals surface area contributed by atoms with Crippen LogP contribution in [0.4, 0.5) is 5.82 Å². The summed E-state index contributed by atoms with van der Waals surface area (Å²) < 4.78 is 9.47. The maximum atomic E-state index is 6.49. The van der Waals surface area contributed by atoms with Crippen LogP contribution in [0.1, 0.15) is 17.4 Å². The first-order valence-corrected chi connectivity index (χ1v) is 8.25. The molecular weight excluding hydrogens is 328 g/mol. The van der Waals surface area contributed by atoms with Gasteiger partial charge in [0.05, 0.1) is 28.9 Å². The Hall–Kier alpha value is -2.12. The molecule has 0 N–H and O–H groups in total. The molecule has 1 atom stereocenters. The number of anilines is 1. The molecule has 8 heteroatoms. The van der Waals surface area contributed by atoms with Gasteiger partial charge in [-0.15, -0.1) is 0 Å². The Labute approximate surface area is 144 Å². The lowest BCUT2D eigenvalue weighted by Crippen LogP contribution is -2.38. The Morgan fingerprint density at radius 3 is 2.92 bits per heavy atom. The molecule has 0 radical (unpaired) electrons. The van der Waals surface area contributed by atoms with Crippen LogP contribution in [-0.4, -0.2) is 44.2 Å². The standard InChI is InChI=1S/C16H19ClN6O/c1-10-15-12(17)6-14(19-16(15)22(3)20-10)23-4-5-24-13(9-23)11-7-18-21(2)8-11/h6-8,13H,4-5,9H2,1-3H3. The predicted octanol–water partition coefficient (Wildman–Crippen LogP) is 2.24. The van der Waals surface area contributed by atoms with Crippen molar-refractivity contribution in [2.45, 2.75) is 13.0 Å². The van der Waals surface area contributed by atoms with Gasteiger partial charge >= 0.3 is 0 Å². The Balaban J connectivity index is 1.68. The molecule has 7 nitrogen and oxygen atoms in total. The van der Waals surface area contributed by atoms with Crippen LogP contribution in [0, 0.1) is 6.92 Å². The number of morpholine rings is 1. The Kier molecular flexibility index (Phi) is 3.69. The van der Waals surface area contributed by atoms with E-state index < -0.39 is 0 Å². The van der Waals surface area contributed by atoms with Crippen LogP contribution in [-0.2, 0) is 18.8 Å². The van der Waals surface area contributed by atoms with Crippen molar-refractivity contribution >= 4 is 28.5 Å². The van der Waals surface area contributed by atoms with Crippen molar-refractivity contribution in [1.82, 2.24) is 24.5 Å². The molecule has 3 aromatic rings. The smallest absolute Gasteiger partial charge is 0.161 e. The monoisotopic (exact) mass is 346 g/mol. The van der Waals surface area contributed by atoms with Crippen molar-refractivity contribution in [2.24, 2.45) is 14.1 Å². The topological polar surface area (TPSA) is 61.0 Å². The van der Waals surface area contributed by atoms with E-state index >= 15 is 0 Å². The van der Waals surface area contributed by atoms with Crippen LogP contribution in [0.2, 0.25) is 5.02 Å². The number of aromatic nitrogens is 5. The average molecular weight is 347 g/mol. The van der Waals surface area contributed by atoms with Gasteiger partial charge in [0.25, 0.3) is 0 Å². The molecule has 0 amide bonds. The number of hydrogen-bond donors (Lipinski definition) is 0.